The number of carbonyl (C=O) groups is 2. The first-order valence-electron chi connectivity index (χ1n) is 3.61. The molecule has 66 valence electrons. The molecule has 1 rings (SSSR count). The fourth-order valence-electron chi connectivity index (χ4n) is 0.460. The summed E-state index contributed by atoms with van der Waals surface area (Å²) in [5.74, 6) is 0. The monoisotopic (exact) mass is 169 g/mol. The van der Waals surface area contributed by atoms with Gasteiger partial charge in [0.25, 0.3) is 0 Å². The zero-order valence-electron chi connectivity index (χ0n) is 6.68. The summed E-state index contributed by atoms with van der Waals surface area (Å²) in [6, 6.07) is 0. The van der Waals surface area contributed by atoms with E-state index in [1.54, 1.807) is 6.20 Å². The molecule has 0 bridgehead atoms. The average molecular weight is 169 g/mol. The van der Waals surface area contributed by atoms with Gasteiger partial charge in [-0.1, -0.05) is 0 Å². The van der Waals surface area contributed by atoms with Crippen molar-refractivity contribution < 1.29 is 14.0 Å². The van der Waals surface area contributed by atoms with Gasteiger partial charge in [-0.25, -0.2) is 4.98 Å². The molecule has 0 saturated carbocycles. The molecule has 0 fully saturated rings. The molecular formula is C8H11NO3. The number of aldehydes is 2. The summed E-state index contributed by atoms with van der Waals surface area (Å²) in [5.41, 5.74) is 0. The normalized spacial score (nSPS) is 8.00. The van der Waals surface area contributed by atoms with Crippen LogP contribution in [0.4, 0.5) is 0 Å². The Morgan fingerprint density at radius 2 is 1.92 bits per heavy atom. The molecule has 1 aromatic heterocycles. The molecule has 4 heteroatoms. The van der Waals surface area contributed by atoms with Crippen LogP contribution in [0.3, 0.4) is 0 Å². The summed E-state index contributed by atoms with van der Waals surface area (Å²) in [6.45, 7) is 0. The number of aromatic nitrogens is 1. The van der Waals surface area contributed by atoms with Crippen molar-refractivity contribution in [1.29, 1.82) is 0 Å². The molecule has 0 aromatic carbocycles. The molecule has 0 atom stereocenters. The molecule has 0 amide bonds. The number of carbonyl (C=O) groups excluding carboxylic acids is 2. The minimum absolute atomic E-state index is 0.513. The van der Waals surface area contributed by atoms with Gasteiger partial charge in [0.1, 0.15) is 18.8 Å². The molecular weight excluding hydrogens is 158 g/mol. The molecule has 0 aliphatic heterocycles. The topological polar surface area (TPSA) is 60.2 Å². The molecule has 0 saturated heterocycles. The third-order valence-corrected chi connectivity index (χ3v) is 0.991. The number of unbranched alkanes of at least 4 members (excludes halogenated alkanes) is 2. The van der Waals surface area contributed by atoms with Crippen molar-refractivity contribution in [2.75, 3.05) is 0 Å². The first-order valence-corrected chi connectivity index (χ1v) is 3.61. The molecule has 12 heavy (non-hydrogen) atoms. The van der Waals surface area contributed by atoms with Crippen molar-refractivity contribution in [3.05, 3.63) is 18.9 Å². The van der Waals surface area contributed by atoms with Gasteiger partial charge in [0.15, 0.2) is 6.39 Å². The minimum atomic E-state index is 0.513. The number of hydrogen-bond donors (Lipinski definition) is 0. The lowest BCUT2D eigenvalue weighted by atomic mass is 10.3. The lowest BCUT2D eigenvalue weighted by Gasteiger charge is -1.78. The summed E-state index contributed by atoms with van der Waals surface area (Å²) >= 11 is 0. The second-order valence-corrected chi connectivity index (χ2v) is 1.94. The van der Waals surface area contributed by atoms with Gasteiger partial charge in [-0.2, -0.15) is 0 Å². The summed E-state index contributed by atoms with van der Waals surface area (Å²) in [5, 5.41) is 0. The lowest BCUT2D eigenvalue weighted by molar-refractivity contribution is -0.108. The van der Waals surface area contributed by atoms with E-state index < -0.39 is 0 Å². The van der Waals surface area contributed by atoms with Crippen LogP contribution in [0.25, 0.3) is 0 Å². The fourth-order valence-corrected chi connectivity index (χ4v) is 0.460. The molecule has 4 nitrogen and oxygen atoms in total. The zero-order chi connectivity index (χ0) is 9.07. The van der Waals surface area contributed by atoms with Gasteiger partial charge < -0.3 is 14.0 Å². The van der Waals surface area contributed by atoms with E-state index in [2.05, 4.69) is 9.40 Å². The first kappa shape index (κ1) is 10.6. The van der Waals surface area contributed by atoms with Gasteiger partial charge in [0.05, 0.1) is 6.20 Å². The van der Waals surface area contributed by atoms with Crippen LogP contribution in [0.2, 0.25) is 0 Å². The smallest absolute Gasteiger partial charge is 0.180 e. The Morgan fingerprint density at radius 1 is 1.25 bits per heavy atom. The Hall–Kier alpha value is -1.45. The number of oxazole rings is 1. The van der Waals surface area contributed by atoms with E-state index in [4.69, 9.17) is 0 Å². The largest absolute Gasteiger partial charge is 0.452 e. The van der Waals surface area contributed by atoms with E-state index >= 15 is 0 Å². The van der Waals surface area contributed by atoms with E-state index in [9.17, 15) is 9.59 Å². The molecule has 1 aromatic rings. The third kappa shape index (κ3) is 8.55. The standard InChI is InChI=1S/C5H8O2.C3H3NO/c6-4-2-1-3-5-7;1-2-5-3-4-1/h4-5H,1-3H2;1-3H. The predicted octanol–water partition coefficient (Wildman–Crippen LogP) is 1.23. The highest BCUT2D eigenvalue weighted by molar-refractivity contribution is 5.52. The molecule has 0 radical (unpaired) electrons. The Kier molecular flexibility index (Phi) is 8.40. The fraction of sp³-hybridized carbons (Fsp3) is 0.375. The van der Waals surface area contributed by atoms with E-state index in [0.29, 0.717) is 19.3 Å². The highest BCUT2D eigenvalue weighted by atomic mass is 16.3. The molecule has 0 aliphatic rings. The number of nitrogens with zero attached hydrogens (tertiary/aromatic N) is 1. The number of hydrogen-bond acceptors (Lipinski definition) is 4. The lowest BCUT2D eigenvalue weighted by Crippen LogP contribution is -1.76. The van der Waals surface area contributed by atoms with Crippen molar-refractivity contribution in [2.24, 2.45) is 0 Å². The van der Waals surface area contributed by atoms with Gasteiger partial charge in [0.2, 0.25) is 0 Å². The van der Waals surface area contributed by atoms with Gasteiger partial charge in [-0.15, -0.1) is 0 Å². The van der Waals surface area contributed by atoms with Crippen LogP contribution in [-0.4, -0.2) is 17.6 Å². The Bertz CT molecular complexity index is 159. The maximum absolute atomic E-state index is 9.56. The summed E-state index contributed by atoms with van der Waals surface area (Å²) in [7, 11) is 0. The van der Waals surface area contributed by atoms with Gasteiger partial charge in [0, 0.05) is 12.8 Å². The second kappa shape index (κ2) is 9.55. The quantitative estimate of drug-likeness (QED) is 0.502. The Balaban J connectivity index is 0.000000211. The van der Waals surface area contributed by atoms with Crippen molar-refractivity contribution in [3.63, 3.8) is 0 Å². The Labute approximate surface area is 70.6 Å². The van der Waals surface area contributed by atoms with E-state index in [1.807, 2.05) is 0 Å². The van der Waals surface area contributed by atoms with Crippen molar-refractivity contribution in [2.45, 2.75) is 19.3 Å². The molecule has 0 N–H and O–H groups in total. The highest BCUT2D eigenvalue weighted by Gasteiger charge is 1.80. The maximum Gasteiger partial charge on any atom is 0.180 e. The van der Waals surface area contributed by atoms with Crippen molar-refractivity contribution in [3.8, 4) is 0 Å². The highest BCUT2D eigenvalue weighted by Crippen LogP contribution is 1.85. The van der Waals surface area contributed by atoms with Crippen molar-refractivity contribution in [1.82, 2.24) is 4.98 Å². The van der Waals surface area contributed by atoms with Gasteiger partial charge >= 0.3 is 0 Å². The summed E-state index contributed by atoms with van der Waals surface area (Å²) in [4.78, 5) is 22.7. The zero-order valence-corrected chi connectivity index (χ0v) is 6.68. The third-order valence-electron chi connectivity index (χ3n) is 0.991. The summed E-state index contributed by atoms with van der Waals surface area (Å²) < 4.78 is 4.47. The SMILES string of the molecule is O=CCCCC=O.c1cocn1. The van der Waals surface area contributed by atoms with Crippen LogP contribution in [0.15, 0.2) is 23.3 Å². The van der Waals surface area contributed by atoms with Crippen LogP contribution < -0.4 is 0 Å². The number of rotatable bonds is 4. The van der Waals surface area contributed by atoms with Crippen LogP contribution in [0, 0.1) is 0 Å². The minimum Gasteiger partial charge on any atom is -0.452 e. The predicted molar refractivity (Wildman–Crippen MR) is 42.5 cm³/mol. The first-order chi connectivity index (χ1) is 5.91. The van der Waals surface area contributed by atoms with Crippen molar-refractivity contribution >= 4 is 12.6 Å². The van der Waals surface area contributed by atoms with Crippen LogP contribution >= 0.6 is 0 Å². The molecule has 0 aliphatic carbocycles. The molecule has 0 unspecified atom stereocenters. The maximum atomic E-state index is 9.56. The average Bonchev–Trinajstić information content (AvgIpc) is 2.62. The van der Waals surface area contributed by atoms with E-state index in [0.717, 1.165) is 12.6 Å². The van der Waals surface area contributed by atoms with Gasteiger partial charge in [-0.05, 0) is 6.42 Å². The van der Waals surface area contributed by atoms with E-state index in [-0.39, 0.29) is 0 Å². The van der Waals surface area contributed by atoms with Crippen LogP contribution in [0.5, 0.6) is 0 Å². The molecule has 0 spiro atoms. The Morgan fingerprint density at radius 3 is 2.17 bits per heavy atom. The summed E-state index contributed by atoms with van der Waals surface area (Å²) in [6.07, 6.45) is 7.84. The van der Waals surface area contributed by atoms with E-state index in [1.165, 1.54) is 12.7 Å². The van der Waals surface area contributed by atoms with Gasteiger partial charge in [-0.3, -0.25) is 0 Å². The van der Waals surface area contributed by atoms with Crippen LogP contribution in [0.1, 0.15) is 19.3 Å². The molecule has 1 heterocycles. The van der Waals surface area contributed by atoms with Crippen LogP contribution in [-0.2, 0) is 9.59 Å². The second-order valence-electron chi connectivity index (χ2n) is 1.94.